The van der Waals surface area contributed by atoms with E-state index in [1.807, 2.05) is 37.3 Å². The van der Waals surface area contributed by atoms with Gasteiger partial charge in [-0.2, -0.15) is 18.3 Å². The minimum Gasteiger partial charge on any atom is -0.492 e. The van der Waals surface area contributed by atoms with Crippen LogP contribution in [0.1, 0.15) is 23.9 Å². The van der Waals surface area contributed by atoms with E-state index in [1.54, 1.807) is 18.5 Å². The van der Waals surface area contributed by atoms with Gasteiger partial charge in [-0.1, -0.05) is 18.2 Å². The highest BCUT2D eigenvalue weighted by Gasteiger charge is 2.31. The number of para-hydroxylation sites is 1. The minimum atomic E-state index is -4.50. The molecule has 0 saturated heterocycles. The van der Waals surface area contributed by atoms with Crippen molar-refractivity contribution in [1.29, 1.82) is 0 Å². The summed E-state index contributed by atoms with van der Waals surface area (Å²) in [7, 11) is 0. The quantitative estimate of drug-likeness (QED) is 0.554. The molecule has 0 bridgehead atoms. The maximum absolute atomic E-state index is 13.0. The van der Waals surface area contributed by atoms with E-state index in [0.717, 1.165) is 23.5 Å². The van der Waals surface area contributed by atoms with Crippen molar-refractivity contribution in [2.24, 2.45) is 0 Å². The fourth-order valence-electron chi connectivity index (χ4n) is 3.13. The van der Waals surface area contributed by atoms with E-state index >= 15 is 0 Å². The van der Waals surface area contributed by atoms with E-state index in [4.69, 9.17) is 4.74 Å². The van der Waals surface area contributed by atoms with E-state index < -0.39 is 17.6 Å². The Morgan fingerprint density at radius 2 is 1.84 bits per heavy atom. The van der Waals surface area contributed by atoms with Crippen LogP contribution in [-0.2, 0) is 11.0 Å². The molecule has 1 aromatic heterocycles. The summed E-state index contributed by atoms with van der Waals surface area (Å²) in [6, 6.07) is 12.6. The van der Waals surface area contributed by atoms with E-state index in [9.17, 15) is 18.0 Å². The van der Waals surface area contributed by atoms with Crippen molar-refractivity contribution in [2.45, 2.75) is 26.9 Å². The standard InChI is InChI=1S/C22H23F3N4O2/c1-4-31-19-11-10-16(22(23,24)25)12-18(19)26-13-20(30)27-21-14(2)28-29(15(21)3)17-8-6-5-7-9-17/h5-12,26H,4,13H2,1-3H3,(H,27,30). The molecule has 0 unspecified atom stereocenters. The minimum absolute atomic E-state index is 0.0975. The molecule has 0 spiro atoms. The van der Waals surface area contributed by atoms with Crippen molar-refractivity contribution in [3.63, 3.8) is 0 Å². The van der Waals surface area contributed by atoms with E-state index in [-0.39, 0.29) is 24.6 Å². The number of alkyl halides is 3. The summed E-state index contributed by atoms with van der Waals surface area (Å²) in [6.45, 7) is 5.37. The van der Waals surface area contributed by atoms with Crippen molar-refractivity contribution < 1.29 is 22.7 Å². The maximum atomic E-state index is 13.0. The van der Waals surface area contributed by atoms with Gasteiger partial charge in [0.15, 0.2) is 0 Å². The van der Waals surface area contributed by atoms with Crippen LogP contribution in [0.4, 0.5) is 24.5 Å². The molecular weight excluding hydrogens is 409 g/mol. The number of hydrogen-bond acceptors (Lipinski definition) is 4. The van der Waals surface area contributed by atoms with Gasteiger partial charge in [-0.15, -0.1) is 0 Å². The molecule has 1 heterocycles. The molecule has 3 aromatic rings. The van der Waals surface area contributed by atoms with Gasteiger partial charge in [-0.05, 0) is 51.1 Å². The van der Waals surface area contributed by atoms with Crippen LogP contribution in [0, 0.1) is 13.8 Å². The number of nitrogens with one attached hydrogen (secondary N) is 2. The van der Waals surface area contributed by atoms with Gasteiger partial charge in [0.1, 0.15) is 5.75 Å². The van der Waals surface area contributed by atoms with Crippen molar-refractivity contribution >= 4 is 17.3 Å². The number of carbonyl (C=O) groups excluding carboxylic acids is 1. The predicted octanol–water partition coefficient (Wildman–Crippen LogP) is 4.96. The molecule has 0 radical (unpaired) electrons. The molecule has 0 aliphatic heterocycles. The first-order chi connectivity index (χ1) is 14.7. The van der Waals surface area contributed by atoms with E-state index in [2.05, 4.69) is 15.7 Å². The smallest absolute Gasteiger partial charge is 0.416 e. The lowest BCUT2D eigenvalue weighted by atomic mass is 10.1. The number of benzene rings is 2. The number of hydrogen-bond donors (Lipinski definition) is 2. The van der Waals surface area contributed by atoms with Crippen LogP contribution < -0.4 is 15.4 Å². The number of carbonyl (C=O) groups is 1. The fraction of sp³-hybridized carbons (Fsp3) is 0.273. The van der Waals surface area contributed by atoms with Gasteiger partial charge in [-0.3, -0.25) is 4.79 Å². The Kier molecular flexibility index (Phi) is 6.53. The molecule has 0 fully saturated rings. The summed E-state index contributed by atoms with van der Waals surface area (Å²) in [5.41, 5.74) is 2.06. The average Bonchev–Trinajstić information content (AvgIpc) is 3.01. The van der Waals surface area contributed by atoms with E-state index in [1.165, 1.54) is 6.07 Å². The number of aromatic nitrogens is 2. The van der Waals surface area contributed by atoms with Crippen LogP contribution in [0.3, 0.4) is 0 Å². The normalized spacial score (nSPS) is 11.3. The largest absolute Gasteiger partial charge is 0.492 e. The zero-order chi connectivity index (χ0) is 22.6. The average molecular weight is 432 g/mol. The Labute approximate surface area is 178 Å². The third kappa shape index (κ3) is 5.17. The van der Waals surface area contributed by atoms with Gasteiger partial charge in [-0.25, -0.2) is 4.68 Å². The zero-order valence-corrected chi connectivity index (χ0v) is 17.4. The number of halogens is 3. The first-order valence-corrected chi connectivity index (χ1v) is 9.70. The molecule has 0 aliphatic carbocycles. The van der Waals surface area contributed by atoms with Crippen LogP contribution in [0.2, 0.25) is 0 Å². The third-order valence-electron chi connectivity index (χ3n) is 4.60. The molecule has 0 atom stereocenters. The molecule has 164 valence electrons. The van der Waals surface area contributed by atoms with Crippen molar-refractivity contribution in [2.75, 3.05) is 23.8 Å². The second-order valence-corrected chi connectivity index (χ2v) is 6.84. The summed E-state index contributed by atoms with van der Waals surface area (Å²) in [5, 5.41) is 10.00. The van der Waals surface area contributed by atoms with E-state index in [0.29, 0.717) is 11.4 Å². The number of amides is 1. The van der Waals surface area contributed by atoms with Gasteiger partial charge in [0.25, 0.3) is 0 Å². The number of ether oxygens (including phenoxy) is 1. The lowest BCUT2D eigenvalue weighted by Gasteiger charge is -2.15. The fourth-order valence-corrected chi connectivity index (χ4v) is 3.13. The first-order valence-electron chi connectivity index (χ1n) is 9.70. The first kappa shape index (κ1) is 22.2. The zero-order valence-electron chi connectivity index (χ0n) is 17.4. The predicted molar refractivity (Wildman–Crippen MR) is 113 cm³/mol. The molecule has 31 heavy (non-hydrogen) atoms. The molecular formula is C22H23F3N4O2. The topological polar surface area (TPSA) is 68.2 Å². The highest BCUT2D eigenvalue weighted by Crippen LogP contribution is 2.35. The van der Waals surface area contributed by atoms with Crippen LogP contribution in [-0.4, -0.2) is 28.8 Å². The SMILES string of the molecule is CCOc1ccc(C(F)(F)F)cc1NCC(=O)Nc1c(C)nn(-c2ccccc2)c1C. The molecule has 6 nitrogen and oxygen atoms in total. The summed E-state index contributed by atoms with van der Waals surface area (Å²) < 4.78 is 46.2. The molecule has 2 aromatic carbocycles. The Morgan fingerprint density at radius 3 is 2.48 bits per heavy atom. The molecule has 9 heteroatoms. The number of anilines is 2. The Morgan fingerprint density at radius 1 is 1.13 bits per heavy atom. The number of nitrogens with zero attached hydrogens (tertiary/aromatic N) is 2. The Hall–Kier alpha value is -3.49. The summed E-state index contributed by atoms with van der Waals surface area (Å²) in [4.78, 5) is 12.5. The number of aryl methyl sites for hydroxylation is 1. The molecule has 0 saturated carbocycles. The van der Waals surface area contributed by atoms with Gasteiger partial charge in [0, 0.05) is 0 Å². The number of rotatable bonds is 7. The molecule has 3 rings (SSSR count). The Balaban J connectivity index is 1.75. The van der Waals surface area contributed by atoms with Crippen molar-refractivity contribution in [1.82, 2.24) is 9.78 Å². The van der Waals surface area contributed by atoms with Gasteiger partial charge in [0.05, 0.1) is 47.2 Å². The van der Waals surface area contributed by atoms with Crippen LogP contribution in [0.5, 0.6) is 5.75 Å². The monoisotopic (exact) mass is 432 g/mol. The lowest BCUT2D eigenvalue weighted by Crippen LogP contribution is -2.23. The van der Waals surface area contributed by atoms with Gasteiger partial charge in [0.2, 0.25) is 5.91 Å². The molecule has 1 amide bonds. The maximum Gasteiger partial charge on any atom is 0.416 e. The summed E-state index contributed by atoms with van der Waals surface area (Å²) in [5.74, 6) is -0.175. The second kappa shape index (κ2) is 9.11. The highest BCUT2D eigenvalue weighted by molar-refractivity contribution is 5.95. The Bertz CT molecular complexity index is 1060. The summed E-state index contributed by atoms with van der Waals surface area (Å²) in [6.07, 6.45) is -4.50. The molecule has 0 aliphatic rings. The van der Waals surface area contributed by atoms with Gasteiger partial charge < -0.3 is 15.4 Å². The lowest BCUT2D eigenvalue weighted by molar-refractivity contribution is -0.137. The van der Waals surface area contributed by atoms with Crippen LogP contribution >= 0.6 is 0 Å². The van der Waals surface area contributed by atoms with Crippen molar-refractivity contribution in [3.8, 4) is 11.4 Å². The van der Waals surface area contributed by atoms with Crippen molar-refractivity contribution in [3.05, 3.63) is 65.5 Å². The van der Waals surface area contributed by atoms with Crippen LogP contribution in [0.25, 0.3) is 5.69 Å². The molecule has 2 N–H and O–H groups in total. The third-order valence-corrected chi connectivity index (χ3v) is 4.60. The summed E-state index contributed by atoms with van der Waals surface area (Å²) >= 11 is 0. The highest BCUT2D eigenvalue weighted by atomic mass is 19.4. The van der Waals surface area contributed by atoms with Crippen LogP contribution in [0.15, 0.2) is 48.5 Å². The second-order valence-electron chi connectivity index (χ2n) is 6.84. The van der Waals surface area contributed by atoms with Gasteiger partial charge >= 0.3 is 6.18 Å².